The second-order valence-corrected chi connectivity index (χ2v) is 4.03. The van der Waals surface area contributed by atoms with Crippen LogP contribution in [0.15, 0.2) is 30.3 Å². The zero-order chi connectivity index (χ0) is 11.1. The van der Waals surface area contributed by atoms with E-state index < -0.39 is 6.10 Å². The largest absolute Gasteiger partial charge is 0.367 e. The van der Waals surface area contributed by atoms with Gasteiger partial charge in [0.25, 0.3) is 5.91 Å². The van der Waals surface area contributed by atoms with Gasteiger partial charge in [-0.05, 0) is 18.6 Å². The molecule has 4 heteroatoms. The Hall–Kier alpha value is -1.68. The third kappa shape index (κ3) is 1.20. The highest BCUT2D eigenvalue weighted by Crippen LogP contribution is 2.34. The average Bonchev–Trinajstić information content (AvgIpc) is 2.86. The summed E-state index contributed by atoms with van der Waals surface area (Å²) in [4.78, 5) is 25.2. The Labute approximate surface area is 92.8 Å². The molecule has 2 amide bonds. The fourth-order valence-corrected chi connectivity index (χ4v) is 2.32. The van der Waals surface area contributed by atoms with Crippen LogP contribution in [0, 0.1) is 5.92 Å². The Morgan fingerprint density at radius 3 is 2.56 bits per heavy atom. The highest BCUT2D eigenvalue weighted by molar-refractivity contribution is 6.23. The third-order valence-corrected chi connectivity index (χ3v) is 3.11. The van der Waals surface area contributed by atoms with Gasteiger partial charge < -0.3 is 4.74 Å². The molecule has 0 aromatic heterocycles. The molecule has 2 heterocycles. The van der Waals surface area contributed by atoms with E-state index >= 15 is 0 Å². The molecular weight excluding hydrogens is 206 g/mol. The Morgan fingerprint density at radius 1 is 1.12 bits per heavy atom. The van der Waals surface area contributed by atoms with Crippen LogP contribution in [0.1, 0.15) is 6.42 Å². The van der Waals surface area contributed by atoms with Crippen molar-refractivity contribution in [3.63, 3.8) is 0 Å². The van der Waals surface area contributed by atoms with E-state index in [4.69, 9.17) is 4.74 Å². The molecule has 82 valence electrons. The van der Waals surface area contributed by atoms with Crippen LogP contribution in [0.3, 0.4) is 0 Å². The number of amides is 2. The van der Waals surface area contributed by atoms with Crippen molar-refractivity contribution in [3.8, 4) is 0 Å². The molecule has 2 unspecified atom stereocenters. The van der Waals surface area contributed by atoms with Crippen molar-refractivity contribution < 1.29 is 14.3 Å². The maximum absolute atomic E-state index is 12.0. The molecule has 2 fully saturated rings. The van der Waals surface area contributed by atoms with Gasteiger partial charge in [-0.15, -0.1) is 0 Å². The first kappa shape index (κ1) is 9.54. The van der Waals surface area contributed by atoms with Gasteiger partial charge in [-0.1, -0.05) is 18.2 Å². The Balaban J connectivity index is 1.98. The molecule has 0 spiro atoms. The van der Waals surface area contributed by atoms with Crippen LogP contribution in [-0.4, -0.2) is 24.5 Å². The molecule has 0 radical (unpaired) electrons. The van der Waals surface area contributed by atoms with Crippen molar-refractivity contribution in [1.82, 2.24) is 0 Å². The van der Waals surface area contributed by atoms with Crippen molar-refractivity contribution >= 4 is 17.5 Å². The fraction of sp³-hybridized carbons (Fsp3) is 0.333. The number of fused-ring (bicyclic) bond motifs is 1. The Morgan fingerprint density at radius 2 is 1.88 bits per heavy atom. The lowest BCUT2D eigenvalue weighted by Crippen LogP contribution is -2.33. The lowest BCUT2D eigenvalue weighted by Gasteiger charge is -2.15. The molecule has 16 heavy (non-hydrogen) atoms. The van der Waals surface area contributed by atoms with E-state index in [2.05, 4.69) is 0 Å². The van der Waals surface area contributed by atoms with E-state index in [9.17, 15) is 9.59 Å². The van der Waals surface area contributed by atoms with E-state index in [1.54, 1.807) is 12.1 Å². The van der Waals surface area contributed by atoms with E-state index in [1.807, 2.05) is 18.2 Å². The monoisotopic (exact) mass is 217 g/mol. The molecule has 1 aromatic carbocycles. The van der Waals surface area contributed by atoms with Crippen LogP contribution in [0.25, 0.3) is 0 Å². The molecule has 1 aromatic rings. The lowest BCUT2D eigenvalue weighted by molar-refractivity contribution is -0.125. The normalized spacial score (nSPS) is 28.6. The zero-order valence-electron chi connectivity index (χ0n) is 8.63. The minimum atomic E-state index is -0.548. The van der Waals surface area contributed by atoms with E-state index in [1.165, 1.54) is 4.90 Å². The Bertz CT molecular complexity index is 421. The number of ether oxygens (including phenoxy) is 1. The maximum Gasteiger partial charge on any atom is 0.263 e. The van der Waals surface area contributed by atoms with Crippen molar-refractivity contribution in [2.45, 2.75) is 12.5 Å². The molecule has 2 saturated heterocycles. The smallest absolute Gasteiger partial charge is 0.263 e. The molecule has 0 saturated carbocycles. The first-order chi connectivity index (χ1) is 7.79. The molecule has 4 nitrogen and oxygen atoms in total. The highest BCUT2D eigenvalue weighted by atomic mass is 16.5. The van der Waals surface area contributed by atoms with Gasteiger partial charge >= 0.3 is 0 Å². The fourth-order valence-electron chi connectivity index (χ4n) is 2.32. The Kier molecular flexibility index (Phi) is 2.04. The first-order valence-corrected chi connectivity index (χ1v) is 5.33. The van der Waals surface area contributed by atoms with Crippen LogP contribution in [-0.2, 0) is 14.3 Å². The van der Waals surface area contributed by atoms with Gasteiger partial charge in [-0.25, -0.2) is 4.90 Å². The van der Waals surface area contributed by atoms with Crippen molar-refractivity contribution in [1.29, 1.82) is 0 Å². The summed E-state index contributed by atoms with van der Waals surface area (Å²) in [7, 11) is 0. The predicted octanol–water partition coefficient (Wildman–Crippen LogP) is 0.965. The molecule has 0 aliphatic carbocycles. The van der Waals surface area contributed by atoms with Crippen LogP contribution >= 0.6 is 0 Å². The summed E-state index contributed by atoms with van der Waals surface area (Å²) in [5.74, 6) is -0.620. The van der Waals surface area contributed by atoms with Crippen molar-refractivity contribution in [3.05, 3.63) is 30.3 Å². The number of carbonyl (C=O) groups excluding carboxylic acids is 2. The first-order valence-electron chi connectivity index (χ1n) is 5.33. The minimum Gasteiger partial charge on any atom is -0.367 e. The number of hydrogen-bond acceptors (Lipinski definition) is 3. The summed E-state index contributed by atoms with van der Waals surface area (Å²) in [6, 6.07) is 9.00. The van der Waals surface area contributed by atoms with Crippen LogP contribution < -0.4 is 4.90 Å². The molecule has 2 atom stereocenters. The van der Waals surface area contributed by atoms with Crippen molar-refractivity contribution in [2.75, 3.05) is 11.5 Å². The van der Waals surface area contributed by atoms with E-state index in [0.717, 1.165) is 0 Å². The van der Waals surface area contributed by atoms with E-state index in [0.29, 0.717) is 18.7 Å². The highest BCUT2D eigenvalue weighted by Gasteiger charge is 2.51. The second kappa shape index (κ2) is 3.42. The number of carbonyl (C=O) groups is 2. The summed E-state index contributed by atoms with van der Waals surface area (Å²) in [5, 5.41) is 0. The summed E-state index contributed by atoms with van der Waals surface area (Å²) in [5.41, 5.74) is 0.635. The van der Waals surface area contributed by atoms with Crippen LogP contribution in [0.5, 0.6) is 0 Å². The summed E-state index contributed by atoms with van der Waals surface area (Å²) >= 11 is 0. The van der Waals surface area contributed by atoms with Gasteiger partial charge in [0.05, 0.1) is 11.6 Å². The topological polar surface area (TPSA) is 46.6 Å². The second-order valence-electron chi connectivity index (χ2n) is 4.03. The molecule has 0 bridgehead atoms. The summed E-state index contributed by atoms with van der Waals surface area (Å²) in [6.45, 7) is 0.509. The molecule has 3 rings (SSSR count). The molecule has 2 aliphatic rings. The predicted molar refractivity (Wildman–Crippen MR) is 56.8 cm³/mol. The maximum atomic E-state index is 12.0. The van der Waals surface area contributed by atoms with Crippen LogP contribution in [0.2, 0.25) is 0 Å². The number of anilines is 1. The number of hydrogen-bond donors (Lipinski definition) is 0. The van der Waals surface area contributed by atoms with Gasteiger partial charge in [0, 0.05) is 6.61 Å². The average molecular weight is 217 g/mol. The summed E-state index contributed by atoms with van der Waals surface area (Å²) in [6.07, 6.45) is 0.103. The molecule has 0 N–H and O–H groups in total. The van der Waals surface area contributed by atoms with Gasteiger partial charge in [0.15, 0.2) is 0 Å². The van der Waals surface area contributed by atoms with Gasteiger partial charge in [-0.3, -0.25) is 9.59 Å². The van der Waals surface area contributed by atoms with Gasteiger partial charge in [0.1, 0.15) is 6.10 Å². The molecule has 2 aliphatic heterocycles. The zero-order valence-corrected chi connectivity index (χ0v) is 8.63. The van der Waals surface area contributed by atoms with Gasteiger partial charge in [0.2, 0.25) is 5.91 Å². The number of imide groups is 1. The number of nitrogens with zero attached hydrogens (tertiary/aromatic N) is 1. The third-order valence-electron chi connectivity index (χ3n) is 3.11. The summed E-state index contributed by atoms with van der Waals surface area (Å²) < 4.78 is 5.30. The van der Waals surface area contributed by atoms with Crippen molar-refractivity contribution in [2.24, 2.45) is 5.92 Å². The van der Waals surface area contributed by atoms with E-state index in [-0.39, 0.29) is 17.7 Å². The van der Waals surface area contributed by atoms with Crippen LogP contribution in [0.4, 0.5) is 5.69 Å². The molecular formula is C12H11NO3. The number of para-hydroxylation sites is 1. The SMILES string of the molecule is O=C1C2CCOC2C(=O)N1c1ccccc1. The van der Waals surface area contributed by atoms with Gasteiger partial charge in [-0.2, -0.15) is 0 Å². The minimum absolute atomic E-state index is 0.126. The number of rotatable bonds is 1. The standard InChI is InChI=1S/C12H11NO3/c14-11-9-6-7-16-10(9)12(15)13(11)8-4-2-1-3-5-8/h1-5,9-10H,6-7H2. The number of benzene rings is 1. The quantitative estimate of drug-likeness (QED) is 0.658. The lowest BCUT2D eigenvalue weighted by atomic mass is 10.1.